The third-order valence-corrected chi connectivity index (χ3v) is 4.89. The summed E-state index contributed by atoms with van der Waals surface area (Å²) in [5.41, 5.74) is 3.00. The summed E-state index contributed by atoms with van der Waals surface area (Å²) in [6, 6.07) is 0.534. The Morgan fingerprint density at radius 3 is 2.81 bits per heavy atom. The van der Waals surface area contributed by atoms with E-state index in [0.29, 0.717) is 6.04 Å². The average Bonchev–Trinajstić information content (AvgIpc) is 2.91. The second-order valence-corrected chi connectivity index (χ2v) is 6.49. The second-order valence-electron chi connectivity index (χ2n) is 5.55. The van der Waals surface area contributed by atoms with Crippen LogP contribution in [0.15, 0.2) is 10.5 Å². The molecule has 1 aliphatic heterocycles. The Bertz CT molecular complexity index is 449. The number of nitrogens with zero attached hydrogens (tertiary/aromatic N) is 3. The van der Waals surface area contributed by atoms with Gasteiger partial charge in [-0.05, 0) is 32.7 Å². The van der Waals surface area contributed by atoms with Crippen molar-refractivity contribution in [2.75, 3.05) is 26.7 Å². The van der Waals surface area contributed by atoms with Crippen LogP contribution in [0.4, 0.5) is 0 Å². The first-order valence-corrected chi connectivity index (χ1v) is 8.69. The third kappa shape index (κ3) is 4.97. The van der Waals surface area contributed by atoms with Gasteiger partial charge in [-0.1, -0.05) is 6.92 Å². The molecule has 21 heavy (non-hydrogen) atoms. The summed E-state index contributed by atoms with van der Waals surface area (Å²) in [6.07, 6.45) is 3.64. The van der Waals surface area contributed by atoms with Gasteiger partial charge in [0.2, 0.25) is 0 Å². The normalized spacial score (nSPS) is 18.0. The number of thiazole rings is 1. The highest BCUT2D eigenvalue weighted by Crippen LogP contribution is 2.12. The van der Waals surface area contributed by atoms with Crippen molar-refractivity contribution in [3.63, 3.8) is 0 Å². The van der Waals surface area contributed by atoms with Crippen LogP contribution in [0.3, 0.4) is 0 Å². The van der Waals surface area contributed by atoms with E-state index >= 15 is 0 Å². The Kier molecular flexibility index (Phi) is 6.45. The highest BCUT2D eigenvalue weighted by molar-refractivity contribution is 7.09. The maximum Gasteiger partial charge on any atom is 0.191 e. The molecule has 2 heterocycles. The monoisotopic (exact) mass is 309 g/mol. The molecule has 0 aromatic carbocycles. The largest absolute Gasteiger partial charge is 0.354 e. The van der Waals surface area contributed by atoms with Gasteiger partial charge in [-0.15, -0.1) is 11.3 Å². The van der Waals surface area contributed by atoms with Crippen molar-refractivity contribution in [3.05, 3.63) is 16.1 Å². The number of hydrogen-bond acceptors (Lipinski definition) is 4. The van der Waals surface area contributed by atoms with Crippen LogP contribution in [-0.2, 0) is 6.54 Å². The molecule has 1 aromatic rings. The zero-order chi connectivity index (χ0) is 15.1. The van der Waals surface area contributed by atoms with Gasteiger partial charge < -0.3 is 15.5 Å². The maximum atomic E-state index is 4.33. The molecule has 1 fully saturated rings. The lowest BCUT2D eigenvalue weighted by molar-refractivity contribution is 0.206. The van der Waals surface area contributed by atoms with Crippen molar-refractivity contribution in [2.24, 2.45) is 4.99 Å². The minimum atomic E-state index is 0.534. The maximum absolute atomic E-state index is 4.33. The fourth-order valence-corrected chi connectivity index (χ4v) is 3.38. The van der Waals surface area contributed by atoms with Crippen molar-refractivity contribution < 1.29 is 0 Å². The predicted molar refractivity (Wildman–Crippen MR) is 89.9 cm³/mol. The van der Waals surface area contributed by atoms with Gasteiger partial charge in [0, 0.05) is 31.1 Å². The van der Waals surface area contributed by atoms with E-state index in [1.165, 1.54) is 43.8 Å². The predicted octanol–water partition coefficient (Wildman–Crippen LogP) is 1.99. The van der Waals surface area contributed by atoms with Crippen LogP contribution in [0.2, 0.25) is 0 Å². The van der Waals surface area contributed by atoms with Gasteiger partial charge in [0.25, 0.3) is 0 Å². The van der Waals surface area contributed by atoms with Gasteiger partial charge in [0.1, 0.15) is 0 Å². The molecule has 6 heteroatoms. The fourth-order valence-electron chi connectivity index (χ4n) is 2.67. The van der Waals surface area contributed by atoms with Crippen LogP contribution < -0.4 is 10.6 Å². The molecule has 2 N–H and O–H groups in total. The van der Waals surface area contributed by atoms with Crippen LogP contribution in [0.1, 0.15) is 36.8 Å². The molecule has 1 aliphatic rings. The molecule has 0 aliphatic carbocycles. The summed E-state index contributed by atoms with van der Waals surface area (Å²) in [4.78, 5) is 12.4. The summed E-state index contributed by atoms with van der Waals surface area (Å²) >= 11 is 1.69. The molecular weight excluding hydrogens is 282 g/mol. The molecule has 1 aromatic heterocycles. The molecule has 0 amide bonds. The minimum Gasteiger partial charge on any atom is -0.354 e. The number of guanidine groups is 1. The van der Waals surface area contributed by atoms with E-state index in [0.717, 1.165) is 18.2 Å². The molecule has 118 valence electrons. The number of aryl methyl sites for hydroxylation is 1. The number of nitrogens with one attached hydrogen (secondary N) is 2. The molecule has 0 unspecified atom stereocenters. The molecule has 0 spiro atoms. The van der Waals surface area contributed by atoms with E-state index in [-0.39, 0.29) is 0 Å². The Hall–Kier alpha value is -1.14. The minimum absolute atomic E-state index is 0.534. The van der Waals surface area contributed by atoms with Crippen molar-refractivity contribution in [1.82, 2.24) is 20.5 Å². The first kappa shape index (κ1) is 16.2. The standard InChI is InChI=1S/C15H27N5S/c1-4-7-20-8-5-13(6-9-20)19-15(16-3)17-10-14-12(2)18-11-21-14/h11,13H,4-10H2,1-3H3,(H2,16,17,19). The Labute approximate surface area is 131 Å². The van der Waals surface area contributed by atoms with Crippen molar-refractivity contribution in [3.8, 4) is 0 Å². The van der Waals surface area contributed by atoms with Crippen LogP contribution in [-0.4, -0.2) is 48.6 Å². The van der Waals surface area contributed by atoms with E-state index in [1.54, 1.807) is 11.3 Å². The first-order chi connectivity index (χ1) is 10.2. The van der Waals surface area contributed by atoms with Crippen molar-refractivity contribution in [2.45, 2.75) is 45.7 Å². The van der Waals surface area contributed by atoms with Crippen LogP contribution in [0, 0.1) is 6.92 Å². The summed E-state index contributed by atoms with van der Waals surface area (Å²) in [7, 11) is 1.83. The highest BCUT2D eigenvalue weighted by Gasteiger charge is 2.19. The quantitative estimate of drug-likeness (QED) is 0.645. The lowest BCUT2D eigenvalue weighted by Crippen LogP contribution is -2.48. The number of aromatic nitrogens is 1. The van der Waals surface area contributed by atoms with E-state index in [9.17, 15) is 0 Å². The molecule has 1 saturated heterocycles. The number of piperidine rings is 1. The van der Waals surface area contributed by atoms with Gasteiger partial charge in [-0.2, -0.15) is 0 Å². The number of likely N-dealkylation sites (tertiary alicyclic amines) is 1. The Morgan fingerprint density at radius 1 is 1.48 bits per heavy atom. The van der Waals surface area contributed by atoms with Gasteiger partial charge in [0.15, 0.2) is 5.96 Å². The van der Waals surface area contributed by atoms with E-state index < -0.39 is 0 Å². The van der Waals surface area contributed by atoms with Crippen LogP contribution >= 0.6 is 11.3 Å². The molecule has 0 bridgehead atoms. The molecular formula is C15H27N5S. The van der Waals surface area contributed by atoms with Crippen molar-refractivity contribution >= 4 is 17.3 Å². The Morgan fingerprint density at radius 2 is 2.24 bits per heavy atom. The zero-order valence-electron chi connectivity index (χ0n) is 13.4. The van der Waals surface area contributed by atoms with Crippen LogP contribution in [0.5, 0.6) is 0 Å². The van der Waals surface area contributed by atoms with Crippen molar-refractivity contribution in [1.29, 1.82) is 0 Å². The lowest BCUT2D eigenvalue weighted by Gasteiger charge is -2.32. The van der Waals surface area contributed by atoms with E-state index in [2.05, 4.69) is 32.4 Å². The molecule has 2 rings (SSSR count). The molecule has 0 saturated carbocycles. The van der Waals surface area contributed by atoms with Gasteiger partial charge in [0.05, 0.1) is 17.7 Å². The Balaban J connectivity index is 1.74. The molecule has 0 radical (unpaired) electrons. The van der Waals surface area contributed by atoms with E-state index in [4.69, 9.17) is 0 Å². The first-order valence-electron chi connectivity index (χ1n) is 7.81. The van der Waals surface area contributed by atoms with Gasteiger partial charge in [-0.3, -0.25) is 4.99 Å². The summed E-state index contributed by atoms with van der Waals surface area (Å²) in [5.74, 6) is 0.900. The third-order valence-electron chi connectivity index (χ3n) is 3.95. The van der Waals surface area contributed by atoms with Gasteiger partial charge in [-0.25, -0.2) is 4.98 Å². The molecule has 0 atom stereocenters. The number of hydrogen-bond donors (Lipinski definition) is 2. The summed E-state index contributed by atoms with van der Waals surface area (Å²) < 4.78 is 0. The topological polar surface area (TPSA) is 52.5 Å². The fraction of sp³-hybridized carbons (Fsp3) is 0.733. The molecule has 5 nitrogen and oxygen atoms in total. The van der Waals surface area contributed by atoms with Crippen LogP contribution in [0.25, 0.3) is 0 Å². The average molecular weight is 309 g/mol. The summed E-state index contributed by atoms with van der Waals surface area (Å²) in [6.45, 7) is 8.70. The smallest absolute Gasteiger partial charge is 0.191 e. The zero-order valence-corrected chi connectivity index (χ0v) is 14.2. The van der Waals surface area contributed by atoms with Gasteiger partial charge >= 0.3 is 0 Å². The summed E-state index contributed by atoms with van der Waals surface area (Å²) in [5, 5.41) is 6.94. The number of aliphatic imine (C=N–C) groups is 1. The second kappa shape index (κ2) is 8.34. The number of rotatable bonds is 5. The lowest BCUT2D eigenvalue weighted by atomic mass is 10.1. The SMILES string of the molecule is CCCN1CCC(NC(=NC)NCc2scnc2C)CC1. The van der Waals surface area contributed by atoms with E-state index in [1.807, 2.05) is 19.5 Å². The highest BCUT2D eigenvalue weighted by atomic mass is 32.1.